The molecule has 1 amide bonds. The van der Waals surface area contributed by atoms with Crippen molar-refractivity contribution in [2.24, 2.45) is 4.99 Å². The van der Waals surface area contributed by atoms with Crippen molar-refractivity contribution in [3.05, 3.63) is 64.7 Å². The summed E-state index contributed by atoms with van der Waals surface area (Å²) in [5, 5.41) is 9.60. The normalized spacial score (nSPS) is 18.7. The molecule has 0 saturated heterocycles. The van der Waals surface area contributed by atoms with Gasteiger partial charge in [-0.15, -0.1) is 0 Å². The first kappa shape index (κ1) is 30.4. The summed E-state index contributed by atoms with van der Waals surface area (Å²) in [5.41, 5.74) is 5.37. The molecule has 0 unspecified atom stereocenters. The fourth-order valence-electron chi connectivity index (χ4n) is 4.09. The van der Waals surface area contributed by atoms with E-state index in [1.54, 1.807) is 52.0 Å². The third-order valence-electron chi connectivity index (χ3n) is 6.14. The van der Waals surface area contributed by atoms with Gasteiger partial charge in [-0.05, 0) is 76.4 Å². The summed E-state index contributed by atoms with van der Waals surface area (Å²) in [4.78, 5) is 30.8. The third kappa shape index (κ3) is 8.68. The second kappa shape index (κ2) is 13.8. The quantitative estimate of drug-likeness (QED) is 0.193. The predicted octanol–water partition coefficient (Wildman–Crippen LogP) is 3.99. The summed E-state index contributed by atoms with van der Waals surface area (Å²) in [6.45, 7) is 8.06. The van der Waals surface area contributed by atoms with Crippen molar-refractivity contribution in [1.82, 2.24) is 10.9 Å². The Bertz CT molecular complexity index is 1150. The van der Waals surface area contributed by atoms with Gasteiger partial charge in [0, 0.05) is 36.6 Å². The molecular formula is C29H38ClN3O6. The van der Waals surface area contributed by atoms with Crippen LogP contribution in [0.4, 0.5) is 0 Å². The first-order valence-electron chi connectivity index (χ1n) is 13.1. The average molecular weight is 560 g/mol. The highest BCUT2D eigenvalue weighted by molar-refractivity contribution is 6.31. The first-order valence-corrected chi connectivity index (χ1v) is 13.5. The van der Waals surface area contributed by atoms with Gasteiger partial charge in [0.1, 0.15) is 17.5 Å². The molecule has 39 heavy (non-hydrogen) atoms. The summed E-state index contributed by atoms with van der Waals surface area (Å²) in [6, 6.07) is 14.7. The van der Waals surface area contributed by atoms with Crippen LogP contribution in [0.1, 0.15) is 58.1 Å². The van der Waals surface area contributed by atoms with Crippen LogP contribution in [0.25, 0.3) is 0 Å². The number of carbonyl (C=O) groups excluding carboxylic acids is 2. The van der Waals surface area contributed by atoms with Crippen LogP contribution in [0.5, 0.6) is 5.75 Å². The number of aliphatic imine (C=N–C) groups is 1. The third-order valence-corrected chi connectivity index (χ3v) is 6.51. The number of hydrazine groups is 1. The molecule has 212 valence electrons. The van der Waals surface area contributed by atoms with E-state index in [0.29, 0.717) is 48.2 Å². The van der Waals surface area contributed by atoms with Gasteiger partial charge >= 0.3 is 5.97 Å². The SMILES string of the molecule is C[C@@H]1OC(c2ccc(OCCCO)cc2)=N[C@]1(CCC(=O)OC(C)(C)C)C(=O)NNCCc1ccccc1Cl. The number of esters is 1. The number of amides is 1. The van der Waals surface area contributed by atoms with Crippen molar-refractivity contribution in [3.8, 4) is 5.75 Å². The highest BCUT2D eigenvalue weighted by Gasteiger charge is 2.50. The maximum absolute atomic E-state index is 13.6. The first-order chi connectivity index (χ1) is 18.5. The lowest BCUT2D eigenvalue weighted by atomic mass is 9.88. The van der Waals surface area contributed by atoms with E-state index in [1.807, 2.05) is 24.3 Å². The standard InChI is InChI=1S/C29H38ClN3O6/c1-20-29(16-14-25(35)39-28(2,3)4,27(36)33-31-17-15-21-8-5-6-9-24(21)30)32-26(38-20)22-10-12-23(13-11-22)37-19-7-18-34/h5-6,8-13,20,31,34H,7,14-19H2,1-4H3,(H,33,36)/t20-,29-/m0/s1. The monoisotopic (exact) mass is 559 g/mol. The molecule has 3 rings (SSSR count). The topological polar surface area (TPSA) is 118 Å². The van der Waals surface area contributed by atoms with Gasteiger partial charge < -0.3 is 19.3 Å². The van der Waals surface area contributed by atoms with Crippen molar-refractivity contribution in [3.63, 3.8) is 0 Å². The van der Waals surface area contributed by atoms with E-state index in [-0.39, 0.29) is 19.4 Å². The largest absolute Gasteiger partial charge is 0.494 e. The van der Waals surface area contributed by atoms with Gasteiger partial charge in [-0.25, -0.2) is 10.4 Å². The van der Waals surface area contributed by atoms with Gasteiger partial charge in [-0.3, -0.25) is 15.0 Å². The molecule has 1 aliphatic rings. The van der Waals surface area contributed by atoms with E-state index in [9.17, 15) is 9.59 Å². The number of nitrogens with zero attached hydrogens (tertiary/aromatic N) is 1. The number of aliphatic hydroxyl groups excluding tert-OH is 1. The molecule has 0 radical (unpaired) electrons. The number of aliphatic hydroxyl groups is 1. The Morgan fingerprint density at radius 1 is 1.15 bits per heavy atom. The Morgan fingerprint density at radius 3 is 2.54 bits per heavy atom. The molecule has 0 fully saturated rings. The number of hydrogen-bond acceptors (Lipinski definition) is 8. The van der Waals surface area contributed by atoms with Crippen molar-refractivity contribution in [1.29, 1.82) is 0 Å². The van der Waals surface area contributed by atoms with Gasteiger partial charge in [0.25, 0.3) is 5.91 Å². The van der Waals surface area contributed by atoms with Gasteiger partial charge in [0.2, 0.25) is 5.90 Å². The number of ether oxygens (including phenoxy) is 3. The van der Waals surface area contributed by atoms with Gasteiger partial charge in [-0.2, -0.15) is 0 Å². The molecular weight excluding hydrogens is 522 g/mol. The highest BCUT2D eigenvalue weighted by atomic mass is 35.5. The number of rotatable bonds is 13. The van der Waals surface area contributed by atoms with E-state index in [0.717, 1.165) is 5.56 Å². The van der Waals surface area contributed by atoms with E-state index in [4.69, 9.17) is 35.9 Å². The highest BCUT2D eigenvalue weighted by Crippen LogP contribution is 2.34. The second-order valence-electron chi connectivity index (χ2n) is 10.4. The lowest BCUT2D eigenvalue weighted by molar-refractivity contribution is -0.155. The second-order valence-corrected chi connectivity index (χ2v) is 10.8. The van der Waals surface area contributed by atoms with Crippen LogP contribution in [-0.4, -0.2) is 59.9 Å². The van der Waals surface area contributed by atoms with Crippen molar-refractivity contribution in [2.45, 2.75) is 70.6 Å². The molecule has 0 aliphatic carbocycles. The van der Waals surface area contributed by atoms with Crippen LogP contribution in [-0.2, 0) is 25.5 Å². The summed E-state index contributed by atoms with van der Waals surface area (Å²) in [6.07, 6.45) is 0.606. The fourth-order valence-corrected chi connectivity index (χ4v) is 4.32. The summed E-state index contributed by atoms with van der Waals surface area (Å²) < 4.78 is 17.1. The molecule has 1 heterocycles. The van der Waals surface area contributed by atoms with Crippen molar-refractivity contribution < 1.29 is 28.9 Å². The molecule has 2 aromatic carbocycles. The Morgan fingerprint density at radius 2 is 1.87 bits per heavy atom. The maximum Gasteiger partial charge on any atom is 0.306 e. The van der Waals surface area contributed by atoms with Crippen LogP contribution in [0.3, 0.4) is 0 Å². The number of benzene rings is 2. The number of halogens is 1. The number of nitrogens with one attached hydrogen (secondary N) is 2. The zero-order chi connectivity index (χ0) is 28.5. The molecule has 10 heteroatoms. The van der Waals surface area contributed by atoms with Crippen LogP contribution in [0, 0.1) is 0 Å². The molecule has 3 N–H and O–H groups in total. The van der Waals surface area contributed by atoms with Crippen LogP contribution >= 0.6 is 11.6 Å². The summed E-state index contributed by atoms with van der Waals surface area (Å²) >= 11 is 6.23. The smallest absolute Gasteiger partial charge is 0.306 e. The van der Waals surface area contributed by atoms with E-state index < -0.39 is 29.1 Å². The Labute approximate surface area is 234 Å². The fraction of sp³-hybridized carbons (Fsp3) is 0.483. The minimum absolute atomic E-state index is 0.00751. The summed E-state index contributed by atoms with van der Waals surface area (Å²) in [5.74, 6) is 0.133. The lowest BCUT2D eigenvalue weighted by Crippen LogP contribution is -2.55. The lowest BCUT2D eigenvalue weighted by Gasteiger charge is -2.28. The minimum atomic E-state index is -1.35. The maximum atomic E-state index is 13.6. The molecule has 0 bridgehead atoms. The molecule has 0 spiro atoms. The number of carbonyl (C=O) groups is 2. The Balaban J connectivity index is 1.74. The van der Waals surface area contributed by atoms with Crippen LogP contribution < -0.4 is 15.6 Å². The molecule has 2 atom stereocenters. The van der Waals surface area contributed by atoms with Gasteiger partial charge in [0.05, 0.1) is 6.61 Å². The van der Waals surface area contributed by atoms with Crippen LogP contribution in [0.15, 0.2) is 53.5 Å². The van der Waals surface area contributed by atoms with E-state index in [1.165, 1.54) is 0 Å². The van der Waals surface area contributed by atoms with Gasteiger partial charge in [-0.1, -0.05) is 29.8 Å². The van der Waals surface area contributed by atoms with Crippen molar-refractivity contribution in [2.75, 3.05) is 19.8 Å². The Kier molecular flexibility index (Phi) is 10.7. The molecule has 0 aromatic heterocycles. The Hall–Kier alpha value is -3.14. The summed E-state index contributed by atoms with van der Waals surface area (Å²) in [7, 11) is 0. The van der Waals surface area contributed by atoms with Gasteiger partial charge in [0.15, 0.2) is 5.54 Å². The molecule has 1 aliphatic heterocycles. The molecule has 0 saturated carbocycles. The van der Waals surface area contributed by atoms with E-state index >= 15 is 0 Å². The van der Waals surface area contributed by atoms with Crippen molar-refractivity contribution >= 4 is 29.4 Å². The zero-order valence-electron chi connectivity index (χ0n) is 23.0. The number of hydrogen-bond donors (Lipinski definition) is 3. The van der Waals surface area contributed by atoms with E-state index in [2.05, 4.69) is 10.9 Å². The minimum Gasteiger partial charge on any atom is -0.494 e. The molecule has 2 aromatic rings. The molecule has 9 nitrogen and oxygen atoms in total. The zero-order valence-corrected chi connectivity index (χ0v) is 23.7. The predicted molar refractivity (Wildman–Crippen MR) is 150 cm³/mol. The van der Waals surface area contributed by atoms with Crippen LogP contribution in [0.2, 0.25) is 5.02 Å². The average Bonchev–Trinajstić information content (AvgIpc) is 3.23.